The molecule has 12 heteroatoms. The molecule has 1 saturated heterocycles. The summed E-state index contributed by atoms with van der Waals surface area (Å²) in [5, 5.41) is 0. The van der Waals surface area contributed by atoms with Gasteiger partial charge in [-0.3, -0.25) is 4.79 Å². The predicted octanol–water partition coefficient (Wildman–Crippen LogP) is -0.572. The fraction of sp³-hybridized carbons (Fsp3) is 0.562. The van der Waals surface area contributed by atoms with Crippen LogP contribution in [0.1, 0.15) is 0 Å². The van der Waals surface area contributed by atoms with Gasteiger partial charge in [0.2, 0.25) is 26.0 Å². The fourth-order valence-electron chi connectivity index (χ4n) is 2.71. The summed E-state index contributed by atoms with van der Waals surface area (Å²) >= 11 is 0. The van der Waals surface area contributed by atoms with E-state index in [1.54, 1.807) is 0 Å². The van der Waals surface area contributed by atoms with Crippen LogP contribution in [-0.4, -0.2) is 96.5 Å². The highest BCUT2D eigenvalue weighted by atomic mass is 32.2. The van der Waals surface area contributed by atoms with Crippen LogP contribution >= 0.6 is 0 Å². The maximum absolute atomic E-state index is 12.9. The molecule has 1 aromatic rings. The van der Waals surface area contributed by atoms with Gasteiger partial charge in [-0.25, -0.2) is 16.8 Å². The van der Waals surface area contributed by atoms with E-state index < -0.39 is 20.0 Å². The third kappa shape index (κ3) is 4.93. The Morgan fingerprint density at radius 2 is 1.61 bits per heavy atom. The SMILES string of the molecule is COc1ccc(S(=O)(=O)N2CCN(C(=O)CN(C)S(C)(=O)=O)CC2)cc1OC. The van der Waals surface area contributed by atoms with Crippen molar-refractivity contribution in [2.75, 3.05) is 60.2 Å². The molecule has 1 amide bonds. The number of ether oxygens (including phenoxy) is 2. The van der Waals surface area contributed by atoms with Crippen LogP contribution < -0.4 is 9.47 Å². The van der Waals surface area contributed by atoms with E-state index in [0.717, 1.165) is 10.6 Å². The number of methoxy groups -OCH3 is 2. The van der Waals surface area contributed by atoms with E-state index in [1.165, 1.54) is 48.7 Å². The quantitative estimate of drug-likeness (QED) is 0.563. The van der Waals surface area contributed by atoms with Gasteiger partial charge >= 0.3 is 0 Å². The van der Waals surface area contributed by atoms with Crippen LogP contribution in [0.5, 0.6) is 11.5 Å². The van der Waals surface area contributed by atoms with Crippen molar-refractivity contribution in [1.29, 1.82) is 0 Å². The van der Waals surface area contributed by atoms with Gasteiger partial charge in [-0.05, 0) is 12.1 Å². The molecule has 0 aromatic heterocycles. The second-order valence-corrected chi connectivity index (χ2v) is 10.3. The van der Waals surface area contributed by atoms with Crippen molar-refractivity contribution in [3.63, 3.8) is 0 Å². The first-order valence-corrected chi connectivity index (χ1v) is 11.7. The number of hydrogen-bond donors (Lipinski definition) is 0. The van der Waals surface area contributed by atoms with Crippen molar-refractivity contribution in [3.8, 4) is 11.5 Å². The molecule has 0 N–H and O–H groups in total. The van der Waals surface area contributed by atoms with Crippen LogP contribution in [0.25, 0.3) is 0 Å². The maximum atomic E-state index is 12.9. The lowest BCUT2D eigenvalue weighted by Gasteiger charge is -2.34. The molecule has 28 heavy (non-hydrogen) atoms. The normalized spacial score (nSPS) is 16.2. The van der Waals surface area contributed by atoms with Gasteiger partial charge in [0.25, 0.3) is 0 Å². The smallest absolute Gasteiger partial charge is 0.243 e. The van der Waals surface area contributed by atoms with Crippen LogP contribution in [0, 0.1) is 0 Å². The Bertz CT molecular complexity index is 924. The Morgan fingerprint density at radius 1 is 1.04 bits per heavy atom. The first-order chi connectivity index (χ1) is 13.0. The van der Waals surface area contributed by atoms with E-state index in [2.05, 4.69) is 0 Å². The summed E-state index contributed by atoms with van der Waals surface area (Å²) in [5.74, 6) is 0.365. The number of sulfonamides is 2. The minimum absolute atomic E-state index is 0.0711. The lowest BCUT2D eigenvalue weighted by atomic mass is 10.3. The second-order valence-electron chi connectivity index (χ2n) is 6.32. The maximum Gasteiger partial charge on any atom is 0.243 e. The van der Waals surface area contributed by atoms with Crippen molar-refractivity contribution in [2.45, 2.75) is 4.90 Å². The second kappa shape index (κ2) is 8.64. The van der Waals surface area contributed by atoms with Gasteiger partial charge in [0.1, 0.15) is 0 Å². The van der Waals surface area contributed by atoms with Crippen LogP contribution in [0.4, 0.5) is 0 Å². The number of piperazine rings is 1. The molecule has 1 fully saturated rings. The van der Waals surface area contributed by atoms with Crippen molar-refractivity contribution in [3.05, 3.63) is 18.2 Å². The lowest BCUT2D eigenvalue weighted by molar-refractivity contribution is -0.132. The zero-order valence-corrected chi connectivity index (χ0v) is 17.9. The summed E-state index contributed by atoms with van der Waals surface area (Å²) in [5.41, 5.74) is 0. The van der Waals surface area contributed by atoms with Crippen LogP contribution in [-0.2, 0) is 24.8 Å². The van der Waals surface area contributed by atoms with E-state index in [0.29, 0.717) is 11.5 Å². The van der Waals surface area contributed by atoms with Crippen molar-refractivity contribution < 1.29 is 31.1 Å². The fourth-order valence-corrected chi connectivity index (χ4v) is 4.49. The number of carbonyl (C=O) groups excluding carboxylic acids is 1. The molecule has 2 rings (SSSR count). The zero-order valence-electron chi connectivity index (χ0n) is 16.3. The summed E-state index contributed by atoms with van der Waals surface area (Å²) in [6.07, 6.45) is 1.02. The predicted molar refractivity (Wildman–Crippen MR) is 102 cm³/mol. The average molecular weight is 436 g/mol. The minimum Gasteiger partial charge on any atom is -0.493 e. The number of rotatable bonds is 7. The summed E-state index contributed by atoms with van der Waals surface area (Å²) in [6, 6.07) is 4.36. The molecule has 0 atom stereocenters. The molecule has 1 aliphatic rings. The molecule has 1 heterocycles. The molecule has 0 saturated carbocycles. The topological polar surface area (TPSA) is 114 Å². The monoisotopic (exact) mass is 435 g/mol. The molecule has 158 valence electrons. The number of hydrogen-bond acceptors (Lipinski definition) is 7. The summed E-state index contributed by atoms with van der Waals surface area (Å²) in [7, 11) is -3.01. The van der Waals surface area contributed by atoms with Crippen molar-refractivity contribution in [2.24, 2.45) is 0 Å². The number of carbonyl (C=O) groups is 1. The van der Waals surface area contributed by atoms with Gasteiger partial charge in [0.05, 0.1) is 31.9 Å². The van der Waals surface area contributed by atoms with Gasteiger partial charge in [-0.15, -0.1) is 0 Å². The van der Waals surface area contributed by atoms with Crippen molar-refractivity contribution in [1.82, 2.24) is 13.5 Å². The highest BCUT2D eigenvalue weighted by Crippen LogP contribution is 2.30. The molecule has 0 radical (unpaired) electrons. The van der Waals surface area contributed by atoms with E-state index in [1.807, 2.05) is 0 Å². The van der Waals surface area contributed by atoms with Crippen LogP contribution in [0.3, 0.4) is 0 Å². The molecule has 0 unspecified atom stereocenters. The Hall–Kier alpha value is -1.89. The Labute approximate surface area is 165 Å². The average Bonchev–Trinajstić information content (AvgIpc) is 2.66. The third-order valence-electron chi connectivity index (χ3n) is 4.51. The molecule has 1 aromatic carbocycles. The molecule has 0 spiro atoms. The number of benzene rings is 1. The Kier molecular flexibility index (Phi) is 6.91. The standard InChI is InChI=1S/C16H25N3O7S2/c1-17(27(4,21)22)12-16(20)18-7-9-19(10-8-18)28(23,24)13-5-6-14(25-2)15(11-13)26-3/h5-6,11H,7-10,12H2,1-4H3. The Balaban J connectivity index is 2.07. The van der Waals surface area contributed by atoms with Gasteiger partial charge < -0.3 is 14.4 Å². The summed E-state index contributed by atoms with van der Waals surface area (Å²) in [6.45, 7) is 0.323. The Morgan fingerprint density at radius 3 is 2.11 bits per heavy atom. The molecule has 0 bridgehead atoms. The lowest BCUT2D eigenvalue weighted by Crippen LogP contribution is -2.52. The first-order valence-electron chi connectivity index (χ1n) is 8.42. The zero-order chi connectivity index (χ0) is 21.1. The van der Waals surface area contributed by atoms with Crippen LogP contribution in [0.2, 0.25) is 0 Å². The van der Waals surface area contributed by atoms with Crippen molar-refractivity contribution >= 4 is 26.0 Å². The van der Waals surface area contributed by atoms with E-state index in [-0.39, 0.29) is 43.5 Å². The van der Waals surface area contributed by atoms with E-state index >= 15 is 0 Å². The van der Waals surface area contributed by atoms with Gasteiger partial charge in [-0.1, -0.05) is 0 Å². The van der Waals surface area contributed by atoms with E-state index in [9.17, 15) is 21.6 Å². The molecular weight excluding hydrogens is 410 g/mol. The number of nitrogens with zero attached hydrogens (tertiary/aromatic N) is 3. The minimum atomic E-state index is -3.76. The van der Waals surface area contributed by atoms with Gasteiger partial charge in [0.15, 0.2) is 11.5 Å². The largest absolute Gasteiger partial charge is 0.493 e. The molecule has 1 aliphatic heterocycles. The third-order valence-corrected chi connectivity index (χ3v) is 7.66. The van der Waals surface area contributed by atoms with Gasteiger partial charge in [-0.2, -0.15) is 8.61 Å². The molecule has 10 nitrogen and oxygen atoms in total. The van der Waals surface area contributed by atoms with Gasteiger partial charge in [0, 0.05) is 39.3 Å². The summed E-state index contributed by atoms with van der Waals surface area (Å²) in [4.78, 5) is 13.8. The molecular formula is C16H25N3O7S2. The summed E-state index contributed by atoms with van der Waals surface area (Å²) < 4.78 is 61.2. The number of likely N-dealkylation sites (N-methyl/N-ethyl adjacent to an activating group) is 1. The van der Waals surface area contributed by atoms with Crippen LogP contribution in [0.15, 0.2) is 23.1 Å². The first kappa shape index (κ1) is 22.4. The van der Waals surface area contributed by atoms with E-state index in [4.69, 9.17) is 9.47 Å². The number of amides is 1. The molecule has 0 aliphatic carbocycles. The highest BCUT2D eigenvalue weighted by Gasteiger charge is 2.31. The highest BCUT2D eigenvalue weighted by molar-refractivity contribution is 7.89.